The van der Waals surface area contributed by atoms with Crippen LogP contribution in [0.5, 0.6) is 0 Å². The second-order valence-corrected chi connectivity index (χ2v) is 7.54. The second-order valence-electron chi connectivity index (χ2n) is 7.54. The highest BCUT2D eigenvalue weighted by Gasteiger charge is 2.25. The fraction of sp³-hybridized carbons (Fsp3) is 0.526. The number of hydrogen-bond donors (Lipinski definition) is 1. The fourth-order valence-electron chi connectivity index (χ4n) is 3.18. The van der Waals surface area contributed by atoms with Gasteiger partial charge in [-0.3, -0.25) is 4.79 Å². The second kappa shape index (κ2) is 7.26. The Morgan fingerprint density at radius 3 is 2.59 bits per heavy atom. The number of esters is 1. The van der Waals surface area contributed by atoms with E-state index in [1.807, 2.05) is 25.7 Å². The Morgan fingerprint density at radius 1 is 1.33 bits per heavy atom. The van der Waals surface area contributed by atoms with Gasteiger partial charge in [0.25, 0.3) is 0 Å². The minimum atomic E-state index is -0.714. The molecule has 0 radical (unpaired) electrons. The van der Waals surface area contributed by atoms with Crippen molar-refractivity contribution in [2.24, 2.45) is 0 Å². The van der Waals surface area contributed by atoms with E-state index in [0.717, 1.165) is 13.1 Å². The Bertz CT molecular complexity index is 927. The number of fused-ring (bicyclic) bond motifs is 1. The Labute approximate surface area is 157 Å². The number of halogens is 1. The van der Waals surface area contributed by atoms with Crippen molar-refractivity contribution < 1.29 is 13.9 Å². The van der Waals surface area contributed by atoms with Crippen LogP contribution in [-0.4, -0.2) is 48.3 Å². The highest BCUT2D eigenvalue weighted by molar-refractivity contribution is 5.93. The Hall–Kier alpha value is -2.48. The molecule has 0 saturated carbocycles. The third kappa shape index (κ3) is 3.66. The van der Waals surface area contributed by atoms with Gasteiger partial charge in [-0.15, -0.1) is 0 Å². The van der Waals surface area contributed by atoms with Crippen LogP contribution in [0, 0.1) is 5.82 Å². The van der Waals surface area contributed by atoms with Crippen LogP contribution < -0.4 is 15.6 Å². The summed E-state index contributed by atoms with van der Waals surface area (Å²) in [7, 11) is 0. The molecule has 2 aromatic heterocycles. The van der Waals surface area contributed by atoms with Crippen molar-refractivity contribution in [2.75, 3.05) is 37.7 Å². The summed E-state index contributed by atoms with van der Waals surface area (Å²) in [5.74, 6) is -1.05. The van der Waals surface area contributed by atoms with E-state index in [1.165, 1.54) is 12.3 Å². The lowest BCUT2D eigenvalue weighted by molar-refractivity contribution is 0.0524. The van der Waals surface area contributed by atoms with Gasteiger partial charge in [-0.05, 0) is 33.8 Å². The molecule has 7 nitrogen and oxygen atoms in total. The van der Waals surface area contributed by atoms with Gasteiger partial charge in [0.15, 0.2) is 11.6 Å². The van der Waals surface area contributed by atoms with E-state index in [-0.39, 0.29) is 23.4 Å². The molecule has 3 heterocycles. The van der Waals surface area contributed by atoms with Gasteiger partial charge in [0.1, 0.15) is 11.2 Å². The van der Waals surface area contributed by atoms with Crippen LogP contribution in [0.25, 0.3) is 11.0 Å². The molecule has 27 heavy (non-hydrogen) atoms. The fourth-order valence-corrected chi connectivity index (χ4v) is 3.18. The van der Waals surface area contributed by atoms with Gasteiger partial charge in [0.2, 0.25) is 5.43 Å². The van der Waals surface area contributed by atoms with E-state index < -0.39 is 22.8 Å². The van der Waals surface area contributed by atoms with Gasteiger partial charge in [-0.1, -0.05) is 0 Å². The number of piperazine rings is 1. The number of aromatic nitrogens is 2. The predicted octanol–water partition coefficient (Wildman–Crippen LogP) is 1.88. The molecule has 8 heteroatoms. The number of rotatable bonds is 3. The van der Waals surface area contributed by atoms with Crippen LogP contribution in [0.2, 0.25) is 0 Å². The third-order valence-corrected chi connectivity index (χ3v) is 4.55. The van der Waals surface area contributed by atoms with E-state index in [0.29, 0.717) is 18.7 Å². The lowest BCUT2D eigenvalue weighted by atomic mass is 10.1. The maximum absolute atomic E-state index is 14.8. The average molecular weight is 376 g/mol. The number of pyridine rings is 2. The molecule has 0 atom stereocenters. The Kier molecular flexibility index (Phi) is 5.19. The molecule has 1 saturated heterocycles. The minimum absolute atomic E-state index is 0.0758. The number of carbonyl (C=O) groups is 1. The maximum atomic E-state index is 14.8. The van der Waals surface area contributed by atoms with Crippen molar-refractivity contribution in [1.82, 2.24) is 14.9 Å². The van der Waals surface area contributed by atoms with E-state index in [1.54, 1.807) is 11.5 Å². The number of anilines is 1. The average Bonchev–Trinajstić information content (AvgIpc) is 2.62. The first-order valence-electron chi connectivity index (χ1n) is 9.13. The molecular formula is C19H25FN4O3. The van der Waals surface area contributed by atoms with Crippen molar-refractivity contribution in [3.8, 4) is 0 Å². The van der Waals surface area contributed by atoms with Gasteiger partial charge in [-0.25, -0.2) is 14.2 Å². The number of ether oxygens (including phenoxy) is 1. The molecule has 0 aromatic carbocycles. The molecule has 1 fully saturated rings. The summed E-state index contributed by atoms with van der Waals surface area (Å²) < 4.78 is 21.5. The maximum Gasteiger partial charge on any atom is 0.343 e. The van der Waals surface area contributed by atoms with E-state index in [4.69, 9.17) is 4.74 Å². The van der Waals surface area contributed by atoms with Crippen molar-refractivity contribution in [1.29, 1.82) is 0 Å². The summed E-state index contributed by atoms with van der Waals surface area (Å²) >= 11 is 0. The summed E-state index contributed by atoms with van der Waals surface area (Å²) in [6, 6.07) is 1.19. The number of nitrogens with one attached hydrogen (secondary N) is 1. The molecule has 0 aliphatic carbocycles. The molecule has 0 amide bonds. The largest absolute Gasteiger partial charge is 0.462 e. The lowest BCUT2D eigenvalue weighted by Crippen LogP contribution is -2.44. The van der Waals surface area contributed by atoms with E-state index in [2.05, 4.69) is 10.3 Å². The standard InChI is InChI=1S/C19H25FN4O3/c1-5-27-18(26)13-11-24(19(2,3)4)16-12(15(13)25)10-14(20)17(22-16)23-8-6-21-7-9-23/h10-11,21H,5-9H2,1-4H3. The van der Waals surface area contributed by atoms with Gasteiger partial charge >= 0.3 is 5.97 Å². The zero-order valence-corrected chi connectivity index (χ0v) is 16.1. The van der Waals surface area contributed by atoms with Crippen LogP contribution >= 0.6 is 0 Å². The predicted molar refractivity (Wildman–Crippen MR) is 102 cm³/mol. The quantitative estimate of drug-likeness (QED) is 0.825. The normalized spacial score (nSPS) is 15.2. The van der Waals surface area contributed by atoms with Crippen LogP contribution in [-0.2, 0) is 10.3 Å². The van der Waals surface area contributed by atoms with Crippen LogP contribution in [0.3, 0.4) is 0 Å². The van der Waals surface area contributed by atoms with E-state index >= 15 is 0 Å². The van der Waals surface area contributed by atoms with Crippen molar-refractivity contribution >= 4 is 22.8 Å². The molecule has 2 aromatic rings. The van der Waals surface area contributed by atoms with Gasteiger partial charge in [0.05, 0.1) is 12.0 Å². The SMILES string of the molecule is CCOC(=O)c1cn(C(C)(C)C)c2nc(N3CCNCC3)c(F)cc2c1=O. The summed E-state index contributed by atoms with van der Waals surface area (Å²) in [5.41, 5.74) is -0.799. The van der Waals surface area contributed by atoms with Crippen LogP contribution in [0.4, 0.5) is 10.2 Å². The molecule has 0 bridgehead atoms. The summed E-state index contributed by atoms with van der Waals surface area (Å²) in [6.07, 6.45) is 1.47. The minimum Gasteiger partial charge on any atom is -0.462 e. The summed E-state index contributed by atoms with van der Waals surface area (Å²) in [6.45, 7) is 10.4. The van der Waals surface area contributed by atoms with E-state index in [9.17, 15) is 14.0 Å². The number of hydrogen-bond acceptors (Lipinski definition) is 6. The first-order chi connectivity index (χ1) is 12.7. The first-order valence-corrected chi connectivity index (χ1v) is 9.13. The monoisotopic (exact) mass is 376 g/mol. The Morgan fingerprint density at radius 2 is 2.00 bits per heavy atom. The van der Waals surface area contributed by atoms with Gasteiger partial charge < -0.3 is 19.5 Å². The molecule has 0 spiro atoms. The highest BCUT2D eigenvalue weighted by Crippen LogP contribution is 2.25. The summed E-state index contributed by atoms with van der Waals surface area (Å²) in [5, 5.41) is 3.30. The van der Waals surface area contributed by atoms with Gasteiger partial charge in [-0.2, -0.15) is 0 Å². The zero-order valence-electron chi connectivity index (χ0n) is 16.1. The van der Waals surface area contributed by atoms with Crippen molar-refractivity contribution in [3.05, 3.63) is 33.9 Å². The topological polar surface area (TPSA) is 76.5 Å². The highest BCUT2D eigenvalue weighted by atomic mass is 19.1. The van der Waals surface area contributed by atoms with Crippen LogP contribution in [0.15, 0.2) is 17.1 Å². The lowest BCUT2D eigenvalue weighted by Gasteiger charge is -2.30. The molecular weight excluding hydrogens is 351 g/mol. The molecule has 1 aliphatic heterocycles. The van der Waals surface area contributed by atoms with Crippen LogP contribution in [0.1, 0.15) is 38.1 Å². The Balaban J connectivity index is 2.27. The smallest absolute Gasteiger partial charge is 0.343 e. The molecule has 1 aliphatic rings. The molecule has 0 unspecified atom stereocenters. The zero-order chi connectivity index (χ0) is 19.8. The summed E-state index contributed by atoms with van der Waals surface area (Å²) in [4.78, 5) is 31.4. The molecule has 3 rings (SSSR count). The first kappa shape index (κ1) is 19.3. The van der Waals surface area contributed by atoms with Crippen molar-refractivity contribution in [3.63, 3.8) is 0 Å². The van der Waals surface area contributed by atoms with Crippen molar-refractivity contribution in [2.45, 2.75) is 33.2 Å². The third-order valence-electron chi connectivity index (χ3n) is 4.55. The molecule has 1 N–H and O–H groups in total. The van der Waals surface area contributed by atoms with Gasteiger partial charge in [0, 0.05) is 37.9 Å². The number of carbonyl (C=O) groups excluding carboxylic acids is 1. The number of nitrogens with zero attached hydrogens (tertiary/aromatic N) is 3. The molecule has 146 valence electrons.